The van der Waals surface area contributed by atoms with Gasteiger partial charge in [-0.2, -0.15) is 0 Å². The van der Waals surface area contributed by atoms with E-state index in [9.17, 15) is 4.79 Å². The highest BCUT2D eigenvalue weighted by Gasteiger charge is 2.36. The fraction of sp³-hybridized carbons (Fsp3) is 0.467. The van der Waals surface area contributed by atoms with Crippen molar-refractivity contribution < 1.29 is 19.7 Å². The Balaban J connectivity index is 0.000000479. The highest BCUT2D eigenvalue weighted by atomic mass is 16.5. The summed E-state index contributed by atoms with van der Waals surface area (Å²) in [5, 5.41) is 20.9. The normalized spacial score (nSPS) is 20.1. The summed E-state index contributed by atoms with van der Waals surface area (Å²) in [5.74, 6) is 0.00414. The van der Waals surface area contributed by atoms with Crippen LogP contribution in [0, 0.1) is 5.41 Å². The monoisotopic (exact) mass is 548 g/mol. The number of carbonyl (C=O) groups is 1. The number of hydrogen-bond donors (Lipinski definition) is 4. The van der Waals surface area contributed by atoms with Gasteiger partial charge in [-0.3, -0.25) is 4.79 Å². The zero-order valence-electron chi connectivity index (χ0n) is 23.9. The number of rotatable bonds is 4. The van der Waals surface area contributed by atoms with Crippen LogP contribution in [0.1, 0.15) is 71.9 Å². The molecule has 1 saturated carbocycles. The summed E-state index contributed by atoms with van der Waals surface area (Å²) in [6, 6.07) is 10.8. The van der Waals surface area contributed by atoms with E-state index >= 15 is 0 Å². The van der Waals surface area contributed by atoms with E-state index in [0.717, 1.165) is 47.6 Å². The largest absolute Gasteiger partial charge is 0.480 e. The van der Waals surface area contributed by atoms with Gasteiger partial charge in [0.2, 0.25) is 0 Å². The van der Waals surface area contributed by atoms with E-state index in [1.807, 2.05) is 26.0 Å². The van der Waals surface area contributed by atoms with Gasteiger partial charge in [0.15, 0.2) is 24.0 Å². The highest BCUT2D eigenvalue weighted by Crippen LogP contribution is 2.47. The first kappa shape index (κ1) is 29.2. The lowest BCUT2D eigenvalue weighted by Crippen LogP contribution is -2.26. The molecular formula is C30H40N6O4. The lowest BCUT2D eigenvalue weighted by atomic mass is 9.82. The van der Waals surface area contributed by atoms with Crippen molar-refractivity contribution in [1.82, 2.24) is 19.5 Å². The minimum Gasteiger partial charge on any atom is -0.480 e. The van der Waals surface area contributed by atoms with E-state index in [1.54, 1.807) is 6.33 Å². The molecule has 0 radical (unpaired) electrons. The van der Waals surface area contributed by atoms with E-state index in [0.29, 0.717) is 23.4 Å². The summed E-state index contributed by atoms with van der Waals surface area (Å²) in [6.45, 7) is 9.03. The molecular weight excluding hydrogens is 508 g/mol. The van der Waals surface area contributed by atoms with Crippen LogP contribution in [0.25, 0.3) is 21.9 Å². The number of benzene rings is 1. The topological polar surface area (TPSA) is 148 Å². The van der Waals surface area contributed by atoms with Crippen molar-refractivity contribution in [2.75, 3.05) is 17.7 Å². The van der Waals surface area contributed by atoms with Gasteiger partial charge in [0.05, 0.1) is 10.9 Å². The van der Waals surface area contributed by atoms with Crippen molar-refractivity contribution in [2.24, 2.45) is 5.41 Å². The number of fused-ring (bicyclic) bond motifs is 3. The maximum atomic E-state index is 11.6. The van der Waals surface area contributed by atoms with Crippen LogP contribution in [0.3, 0.4) is 0 Å². The minimum absolute atomic E-state index is 0.0387. The van der Waals surface area contributed by atoms with Crippen LogP contribution < -0.4 is 15.8 Å². The maximum Gasteiger partial charge on any atom is 0.263 e. The lowest BCUT2D eigenvalue weighted by Gasteiger charge is -2.25. The molecule has 1 aliphatic carbocycles. The van der Waals surface area contributed by atoms with E-state index < -0.39 is 5.79 Å². The number of aryl methyl sites for hydroxylation is 1. The van der Waals surface area contributed by atoms with E-state index in [1.165, 1.54) is 25.8 Å². The summed E-state index contributed by atoms with van der Waals surface area (Å²) in [6.07, 6.45) is 9.17. The number of aliphatic hydroxyl groups is 2. The number of nitrogens with zero attached hydrogens (tertiary/aromatic N) is 4. The second-order valence-corrected chi connectivity index (χ2v) is 11.1. The molecule has 1 amide bonds. The minimum atomic E-state index is -1.50. The Labute approximate surface area is 234 Å². The molecule has 1 fully saturated rings. The van der Waals surface area contributed by atoms with Gasteiger partial charge >= 0.3 is 0 Å². The molecule has 4 aromatic rings. The van der Waals surface area contributed by atoms with E-state index in [-0.39, 0.29) is 17.9 Å². The summed E-state index contributed by atoms with van der Waals surface area (Å²) >= 11 is 0. The van der Waals surface area contributed by atoms with Crippen molar-refractivity contribution >= 4 is 39.5 Å². The van der Waals surface area contributed by atoms with Crippen LogP contribution in [-0.2, 0) is 11.2 Å². The molecule has 0 saturated heterocycles. The Kier molecular flexibility index (Phi) is 8.60. The predicted octanol–water partition coefficient (Wildman–Crippen LogP) is 4.99. The van der Waals surface area contributed by atoms with Gasteiger partial charge < -0.3 is 30.6 Å². The number of nitrogens with one attached hydrogen (secondary N) is 1. The first-order valence-corrected chi connectivity index (χ1v) is 13.9. The Bertz CT molecular complexity index is 1490. The molecule has 214 valence electrons. The third kappa shape index (κ3) is 6.86. The number of anilines is 2. The Morgan fingerprint density at radius 3 is 2.70 bits per heavy atom. The summed E-state index contributed by atoms with van der Waals surface area (Å²) < 4.78 is 7.76. The van der Waals surface area contributed by atoms with Gasteiger partial charge in [-0.25, -0.2) is 15.0 Å². The average molecular weight is 549 g/mol. The van der Waals surface area contributed by atoms with Gasteiger partial charge in [-0.1, -0.05) is 32.9 Å². The smallest absolute Gasteiger partial charge is 0.263 e. The summed E-state index contributed by atoms with van der Waals surface area (Å²) in [7, 11) is 0. The van der Waals surface area contributed by atoms with Crippen molar-refractivity contribution in [3.05, 3.63) is 48.4 Å². The first-order valence-electron chi connectivity index (χ1n) is 13.9. The fourth-order valence-electron chi connectivity index (χ4n) is 5.34. The van der Waals surface area contributed by atoms with Gasteiger partial charge in [0.25, 0.3) is 5.91 Å². The Morgan fingerprint density at radius 1 is 1.20 bits per heavy atom. The third-order valence-electron chi connectivity index (χ3n) is 7.22. The number of pyridine rings is 1. The van der Waals surface area contributed by atoms with E-state index in [4.69, 9.17) is 20.7 Å². The number of carbonyl (C=O) groups excluding carboxylic acids is 1. The number of amides is 1. The quantitative estimate of drug-likeness (QED) is 0.261. The van der Waals surface area contributed by atoms with Crippen molar-refractivity contribution in [1.29, 1.82) is 0 Å². The third-order valence-corrected chi connectivity index (χ3v) is 7.22. The van der Waals surface area contributed by atoms with Gasteiger partial charge in [-0.05, 0) is 75.1 Å². The van der Waals surface area contributed by atoms with E-state index in [2.05, 4.69) is 56.2 Å². The molecule has 1 unspecified atom stereocenters. The highest BCUT2D eigenvalue weighted by molar-refractivity contribution is 5.96. The van der Waals surface area contributed by atoms with Gasteiger partial charge in [0, 0.05) is 17.6 Å². The molecule has 1 aliphatic heterocycles. The molecule has 4 heterocycles. The molecule has 3 aromatic heterocycles. The van der Waals surface area contributed by atoms with Gasteiger partial charge in [0.1, 0.15) is 17.8 Å². The first-order chi connectivity index (χ1) is 19.0. The predicted molar refractivity (Wildman–Crippen MR) is 157 cm³/mol. The Morgan fingerprint density at radius 2 is 1.95 bits per heavy atom. The van der Waals surface area contributed by atoms with Crippen molar-refractivity contribution in [2.45, 2.75) is 78.6 Å². The van der Waals surface area contributed by atoms with Crippen molar-refractivity contribution in [3.8, 4) is 5.75 Å². The molecule has 0 spiro atoms. The second kappa shape index (κ2) is 11.8. The molecule has 2 atom stereocenters. The zero-order valence-corrected chi connectivity index (χ0v) is 23.9. The molecule has 10 heteroatoms. The average Bonchev–Trinajstić information content (AvgIpc) is 3.51. The number of hydrogen-bond acceptors (Lipinski definition) is 8. The molecule has 0 bridgehead atoms. The SMILES string of the molecule is CC.CC(C)(O)O.C[C@@]1(CCc2ccc3cc4c(nc3c2)NC(=O)CO4)CCC(n2ccc3c(N)ncnc32)C1. The van der Waals surface area contributed by atoms with Gasteiger partial charge in [-0.15, -0.1) is 0 Å². The molecule has 10 nitrogen and oxygen atoms in total. The van der Waals surface area contributed by atoms with Crippen LogP contribution in [-0.4, -0.2) is 48.0 Å². The van der Waals surface area contributed by atoms with Crippen LogP contribution >= 0.6 is 0 Å². The second-order valence-electron chi connectivity index (χ2n) is 11.1. The fourth-order valence-corrected chi connectivity index (χ4v) is 5.34. The van der Waals surface area contributed by atoms with Crippen LogP contribution in [0.15, 0.2) is 42.9 Å². The number of aromatic nitrogens is 4. The molecule has 5 N–H and O–H groups in total. The Hall–Kier alpha value is -3.76. The molecule has 6 rings (SSSR count). The van der Waals surface area contributed by atoms with Crippen LogP contribution in [0.4, 0.5) is 11.6 Å². The van der Waals surface area contributed by atoms with Crippen LogP contribution in [0.5, 0.6) is 5.75 Å². The molecule has 40 heavy (non-hydrogen) atoms. The number of nitrogens with two attached hydrogens (primary N) is 1. The van der Waals surface area contributed by atoms with Crippen LogP contribution in [0.2, 0.25) is 0 Å². The summed E-state index contributed by atoms with van der Waals surface area (Å²) in [4.78, 5) is 24.8. The van der Waals surface area contributed by atoms with Crippen molar-refractivity contribution in [3.63, 3.8) is 0 Å². The molecule has 1 aromatic carbocycles. The molecule has 2 aliphatic rings. The standard InChI is InChI=1S/C25H26N6O2.C3H8O2.C2H6/c1-25(8-5-17(12-25)31-9-6-18-22(26)27-14-28-24(18)31)7-4-15-2-3-16-11-20-23(29-19(16)10-15)30-21(32)13-33-20;1-3(2,4)5;1-2/h2-3,6,9-11,14,17H,4-5,7-8,12-13H2,1H3,(H2,26,27,28)(H,29,30,32);4-5H,1-2H3;1-2H3/t17?,25-;;/m1../s1. The lowest BCUT2D eigenvalue weighted by molar-refractivity contribution is -0.127. The number of nitrogen functional groups attached to an aromatic ring is 1. The summed E-state index contributed by atoms with van der Waals surface area (Å²) in [5.41, 5.74) is 9.35. The maximum absolute atomic E-state index is 11.6. The number of ether oxygens (including phenoxy) is 1. The zero-order chi connectivity index (χ0) is 29.1.